The predicted molar refractivity (Wildman–Crippen MR) is 90.2 cm³/mol. The highest BCUT2D eigenvalue weighted by Gasteiger charge is 2.10. The Balaban J connectivity index is 1.65. The minimum atomic E-state index is -3.22. The summed E-state index contributed by atoms with van der Waals surface area (Å²) in [7, 11) is -1.63. The molecule has 0 amide bonds. The predicted octanol–water partition coefficient (Wildman–Crippen LogP) is 2.73. The van der Waals surface area contributed by atoms with Gasteiger partial charge in [0.25, 0.3) is 5.89 Å². The Bertz CT molecular complexity index is 947. The van der Waals surface area contributed by atoms with E-state index in [0.29, 0.717) is 17.5 Å². The molecule has 0 unspecified atom stereocenters. The minimum Gasteiger partial charge on any atom is -0.497 e. The fourth-order valence-corrected chi connectivity index (χ4v) is 2.72. The highest BCUT2D eigenvalue weighted by Crippen LogP contribution is 2.22. The number of benzene rings is 2. The van der Waals surface area contributed by atoms with E-state index < -0.39 is 9.84 Å². The number of rotatable bonds is 6. The summed E-state index contributed by atoms with van der Waals surface area (Å²) in [5.41, 5.74) is 0.775. The molecule has 130 valence electrons. The van der Waals surface area contributed by atoms with E-state index >= 15 is 0 Å². The van der Waals surface area contributed by atoms with Crippen molar-refractivity contribution in [3.8, 4) is 23.0 Å². The molecule has 0 aliphatic heterocycles. The maximum atomic E-state index is 11.4. The van der Waals surface area contributed by atoms with E-state index in [0.717, 1.165) is 17.6 Å². The second-order valence-electron chi connectivity index (χ2n) is 5.26. The fourth-order valence-electron chi connectivity index (χ4n) is 2.09. The molecule has 0 aliphatic rings. The van der Waals surface area contributed by atoms with Gasteiger partial charge in [0.15, 0.2) is 16.4 Å². The molecule has 2 aromatic carbocycles. The lowest BCUT2D eigenvalue weighted by atomic mass is 10.2. The number of ether oxygens (including phenoxy) is 2. The summed E-state index contributed by atoms with van der Waals surface area (Å²) < 4.78 is 39.0. The molecule has 1 heterocycles. The van der Waals surface area contributed by atoms with E-state index in [1.165, 1.54) is 12.1 Å². The van der Waals surface area contributed by atoms with Gasteiger partial charge in [-0.3, -0.25) is 0 Å². The molecule has 0 N–H and O–H groups in total. The smallest absolute Gasteiger partial charge is 0.254 e. The summed E-state index contributed by atoms with van der Waals surface area (Å²) in [5, 5.41) is 7.92. The molecule has 0 saturated heterocycles. The van der Waals surface area contributed by atoms with Gasteiger partial charge in [0.2, 0.25) is 5.89 Å². The Morgan fingerprint density at radius 3 is 2.20 bits per heavy atom. The van der Waals surface area contributed by atoms with Crippen LogP contribution in [0.25, 0.3) is 11.5 Å². The second-order valence-corrected chi connectivity index (χ2v) is 7.28. The summed E-state index contributed by atoms with van der Waals surface area (Å²) in [6.07, 6.45) is 1.15. The van der Waals surface area contributed by atoms with Crippen molar-refractivity contribution in [1.29, 1.82) is 0 Å². The van der Waals surface area contributed by atoms with Crippen LogP contribution in [0.4, 0.5) is 0 Å². The maximum absolute atomic E-state index is 11.4. The Kier molecular flexibility index (Phi) is 4.71. The lowest BCUT2D eigenvalue weighted by molar-refractivity contribution is 0.264. The van der Waals surface area contributed by atoms with E-state index in [-0.39, 0.29) is 11.5 Å². The first-order valence-electron chi connectivity index (χ1n) is 7.35. The molecule has 0 bridgehead atoms. The Morgan fingerprint density at radius 2 is 1.60 bits per heavy atom. The third-order valence-electron chi connectivity index (χ3n) is 3.42. The van der Waals surface area contributed by atoms with Gasteiger partial charge in [0.1, 0.15) is 11.5 Å². The van der Waals surface area contributed by atoms with Crippen molar-refractivity contribution in [3.05, 3.63) is 54.4 Å². The van der Waals surface area contributed by atoms with Gasteiger partial charge in [-0.1, -0.05) is 0 Å². The van der Waals surface area contributed by atoms with Crippen LogP contribution in [-0.4, -0.2) is 32.0 Å². The Morgan fingerprint density at radius 1 is 0.960 bits per heavy atom. The molecule has 1 aromatic heterocycles. The van der Waals surface area contributed by atoms with Crippen LogP contribution in [0.3, 0.4) is 0 Å². The number of nitrogens with zero attached hydrogens (tertiary/aromatic N) is 2. The topological polar surface area (TPSA) is 91.5 Å². The first kappa shape index (κ1) is 17.0. The van der Waals surface area contributed by atoms with Crippen LogP contribution in [-0.2, 0) is 16.4 Å². The van der Waals surface area contributed by atoms with Crippen LogP contribution in [0.5, 0.6) is 11.5 Å². The summed E-state index contributed by atoms with van der Waals surface area (Å²) >= 11 is 0. The zero-order valence-electron chi connectivity index (χ0n) is 13.7. The summed E-state index contributed by atoms with van der Waals surface area (Å²) in [6.45, 7) is 0.0847. The summed E-state index contributed by atoms with van der Waals surface area (Å²) in [6, 6.07) is 13.4. The van der Waals surface area contributed by atoms with E-state index in [1.807, 2.05) is 12.1 Å². The lowest BCUT2D eigenvalue weighted by Crippen LogP contribution is -1.98. The van der Waals surface area contributed by atoms with Crippen LogP contribution in [0.2, 0.25) is 0 Å². The molecular formula is C17H16N2O5S. The maximum Gasteiger partial charge on any atom is 0.254 e. The van der Waals surface area contributed by atoms with Crippen molar-refractivity contribution in [2.75, 3.05) is 13.4 Å². The van der Waals surface area contributed by atoms with Gasteiger partial charge in [0.05, 0.1) is 12.0 Å². The standard InChI is InChI=1S/C17H16N2O5S/c1-22-13-5-3-12(4-6-13)17-19-18-16(24-17)11-23-14-7-9-15(10-8-14)25(2,20)21/h3-10H,11H2,1-2H3. The molecule has 3 rings (SSSR count). The molecule has 25 heavy (non-hydrogen) atoms. The molecule has 0 radical (unpaired) electrons. The second kappa shape index (κ2) is 6.94. The van der Waals surface area contributed by atoms with E-state index in [1.54, 1.807) is 31.4 Å². The number of methoxy groups -OCH3 is 1. The summed E-state index contributed by atoms with van der Waals surface area (Å²) in [5.74, 6) is 1.95. The minimum absolute atomic E-state index is 0.0847. The van der Waals surface area contributed by atoms with Gasteiger partial charge in [-0.2, -0.15) is 0 Å². The first-order valence-corrected chi connectivity index (χ1v) is 9.24. The van der Waals surface area contributed by atoms with Crippen molar-refractivity contribution < 1.29 is 22.3 Å². The number of hydrogen-bond donors (Lipinski definition) is 0. The number of hydrogen-bond acceptors (Lipinski definition) is 7. The van der Waals surface area contributed by atoms with Crippen molar-refractivity contribution >= 4 is 9.84 Å². The van der Waals surface area contributed by atoms with Gasteiger partial charge in [0, 0.05) is 11.8 Å². The Labute approximate surface area is 145 Å². The van der Waals surface area contributed by atoms with Crippen LogP contribution >= 0.6 is 0 Å². The lowest BCUT2D eigenvalue weighted by Gasteiger charge is -2.04. The molecular weight excluding hydrogens is 344 g/mol. The average molecular weight is 360 g/mol. The van der Waals surface area contributed by atoms with Crippen molar-refractivity contribution in [3.63, 3.8) is 0 Å². The quantitative estimate of drug-likeness (QED) is 0.667. The Hall–Kier alpha value is -2.87. The van der Waals surface area contributed by atoms with Gasteiger partial charge < -0.3 is 13.9 Å². The highest BCUT2D eigenvalue weighted by molar-refractivity contribution is 7.90. The first-order chi connectivity index (χ1) is 12.0. The van der Waals surface area contributed by atoms with E-state index in [2.05, 4.69) is 10.2 Å². The van der Waals surface area contributed by atoms with E-state index in [4.69, 9.17) is 13.9 Å². The van der Waals surface area contributed by atoms with Crippen molar-refractivity contribution in [2.24, 2.45) is 0 Å². The van der Waals surface area contributed by atoms with Crippen LogP contribution in [0.15, 0.2) is 57.8 Å². The van der Waals surface area contributed by atoms with Gasteiger partial charge >= 0.3 is 0 Å². The highest BCUT2D eigenvalue weighted by atomic mass is 32.2. The average Bonchev–Trinajstić information content (AvgIpc) is 3.09. The molecule has 8 heteroatoms. The number of aromatic nitrogens is 2. The molecule has 0 aliphatic carbocycles. The van der Waals surface area contributed by atoms with Gasteiger partial charge in [-0.15, -0.1) is 10.2 Å². The van der Waals surface area contributed by atoms with Crippen LogP contribution in [0, 0.1) is 0 Å². The zero-order chi connectivity index (χ0) is 17.9. The monoisotopic (exact) mass is 360 g/mol. The third-order valence-corrected chi connectivity index (χ3v) is 4.55. The SMILES string of the molecule is COc1ccc(-c2nnc(COc3ccc(S(C)(=O)=O)cc3)o2)cc1. The van der Waals surface area contributed by atoms with Gasteiger partial charge in [-0.05, 0) is 48.5 Å². The molecule has 0 saturated carbocycles. The molecule has 0 atom stereocenters. The van der Waals surface area contributed by atoms with Crippen molar-refractivity contribution in [2.45, 2.75) is 11.5 Å². The van der Waals surface area contributed by atoms with Gasteiger partial charge in [-0.25, -0.2) is 8.42 Å². The number of sulfone groups is 1. The molecule has 7 nitrogen and oxygen atoms in total. The molecule has 0 fully saturated rings. The summed E-state index contributed by atoms with van der Waals surface area (Å²) in [4.78, 5) is 0.236. The van der Waals surface area contributed by atoms with Crippen LogP contribution < -0.4 is 9.47 Å². The van der Waals surface area contributed by atoms with Crippen LogP contribution in [0.1, 0.15) is 5.89 Å². The van der Waals surface area contributed by atoms with Crippen molar-refractivity contribution in [1.82, 2.24) is 10.2 Å². The molecule has 0 spiro atoms. The largest absolute Gasteiger partial charge is 0.497 e. The third kappa shape index (κ3) is 4.16. The normalized spacial score (nSPS) is 11.3. The fraction of sp³-hybridized carbons (Fsp3) is 0.176. The zero-order valence-corrected chi connectivity index (χ0v) is 14.5. The van der Waals surface area contributed by atoms with E-state index in [9.17, 15) is 8.42 Å². The molecule has 3 aromatic rings.